The number of rotatable bonds is 5. The van der Waals surface area contributed by atoms with Gasteiger partial charge < -0.3 is 5.11 Å². The fourth-order valence-corrected chi connectivity index (χ4v) is 3.70. The SMILES string of the molecule is CC(NS(=O)(=O)c1ccc(I)cc1)(C(=O)O)C1CC1. The monoisotopic (exact) mass is 395 g/mol. The summed E-state index contributed by atoms with van der Waals surface area (Å²) in [6, 6.07) is 6.28. The molecule has 0 radical (unpaired) electrons. The molecular formula is C12H14INO4S. The molecule has 0 amide bonds. The molecule has 19 heavy (non-hydrogen) atoms. The molecule has 1 atom stereocenters. The number of carboxylic acid groups (broad SMARTS) is 1. The average Bonchev–Trinajstić information content (AvgIpc) is 3.12. The van der Waals surface area contributed by atoms with Crippen molar-refractivity contribution in [2.75, 3.05) is 0 Å². The van der Waals surface area contributed by atoms with Crippen molar-refractivity contribution >= 4 is 38.6 Å². The minimum Gasteiger partial charge on any atom is -0.480 e. The number of nitrogens with one attached hydrogen (secondary N) is 1. The Bertz CT molecular complexity index is 595. The Labute approximate surface area is 125 Å². The smallest absolute Gasteiger partial charge is 0.324 e. The van der Waals surface area contributed by atoms with E-state index in [9.17, 15) is 18.3 Å². The number of sulfonamides is 1. The van der Waals surface area contributed by atoms with Crippen LogP contribution in [-0.4, -0.2) is 25.0 Å². The second-order valence-corrected chi connectivity index (χ2v) is 7.77. The Morgan fingerprint density at radius 1 is 1.37 bits per heavy atom. The summed E-state index contributed by atoms with van der Waals surface area (Å²) in [6.07, 6.45) is 1.47. The lowest BCUT2D eigenvalue weighted by atomic mass is 9.98. The molecule has 0 saturated heterocycles. The molecule has 7 heteroatoms. The Balaban J connectivity index is 2.30. The topological polar surface area (TPSA) is 83.5 Å². The van der Waals surface area contributed by atoms with Crippen LogP contribution >= 0.6 is 22.6 Å². The van der Waals surface area contributed by atoms with E-state index in [1.165, 1.54) is 19.1 Å². The predicted octanol–water partition coefficient (Wildman–Crippen LogP) is 1.82. The first-order valence-corrected chi connectivity index (χ1v) is 8.35. The highest BCUT2D eigenvalue weighted by atomic mass is 127. The molecule has 1 aromatic carbocycles. The predicted molar refractivity (Wildman–Crippen MR) is 78.2 cm³/mol. The number of halogens is 1. The van der Waals surface area contributed by atoms with Gasteiger partial charge in [0.2, 0.25) is 10.0 Å². The average molecular weight is 395 g/mol. The Hall–Kier alpha value is -0.670. The van der Waals surface area contributed by atoms with E-state index in [0.717, 1.165) is 16.4 Å². The fraction of sp³-hybridized carbons (Fsp3) is 0.417. The first-order chi connectivity index (χ1) is 8.75. The molecule has 1 aliphatic carbocycles. The highest BCUT2D eigenvalue weighted by Gasteiger charge is 2.50. The van der Waals surface area contributed by atoms with Crippen molar-refractivity contribution in [3.63, 3.8) is 0 Å². The molecule has 2 rings (SSSR count). The molecule has 2 N–H and O–H groups in total. The third kappa shape index (κ3) is 3.09. The van der Waals surface area contributed by atoms with E-state index in [1.54, 1.807) is 12.1 Å². The van der Waals surface area contributed by atoms with Crippen LogP contribution in [0.15, 0.2) is 29.2 Å². The quantitative estimate of drug-likeness (QED) is 0.746. The summed E-state index contributed by atoms with van der Waals surface area (Å²) < 4.78 is 27.7. The number of hydrogen-bond donors (Lipinski definition) is 2. The van der Waals surface area contributed by atoms with Gasteiger partial charge in [-0.05, 0) is 72.5 Å². The van der Waals surface area contributed by atoms with E-state index in [1.807, 2.05) is 0 Å². The van der Waals surface area contributed by atoms with Crippen molar-refractivity contribution in [1.82, 2.24) is 4.72 Å². The number of benzene rings is 1. The van der Waals surface area contributed by atoms with Gasteiger partial charge in [0, 0.05) is 3.57 Å². The summed E-state index contributed by atoms with van der Waals surface area (Å²) >= 11 is 2.07. The van der Waals surface area contributed by atoms with Crippen molar-refractivity contribution < 1.29 is 18.3 Å². The second-order valence-electron chi connectivity index (χ2n) is 4.84. The van der Waals surface area contributed by atoms with Crippen LogP contribution in [0.3, 0.4) is 0 Å². The van der Waals surface area contributed by atoms with E-state index in [2.05, 4.69) is 27.3 Å². The van der Waals surface area contributed by atoms with E-state index in [0.29, 0.717) is 0 Å². The van der Waals surface area contributed by atoms with Gasteiger partial charge in [-0.3, -0.25) is 4.79 Å². The summed E-state index contributed by atoms with van der Waals surface area (Å²) in [5.41, 5.74) is -1.43. The summed E-state index contributed by atoms with van der Waals surface area (Å²) in [4.78, 5) is 11.4. The number of aliphatic carboxylic acids is 1. The maximum Gasteiger partial charge on any atom is 0.324 e. The highest BCUT2D eigenvalue weighted by Crippen LogP contribution is 2.40. The maximum absolute atomic E-state index is 12.2. The maximum atomic E-state index is 12.2. The van der Waals surface area contributed by atoms with Crippen LogP contribution < -0.4 is 4.72 Å². The summed E-state index contributed by atoms with van der Waals surface area (Å²) in [6.45, 7) is 1.43. The van der Waals surface area contributed by atoms with Gasteiger partial charge in [-0.25, -0.2) is 8.42 Å². The van der Waals surface area contributed by atoms with Gasteiger partial charge in [-0.2, -0.15) is 4.72 Å². The first kappa shape index (κ1) is 14.7. The first-order valence-electron chi connectivity index (χ1n) is 5.78. The van der Waals surface area contributed by atoms with E-state index in [4.69, 9.17) is 0 Å². The Morgan fingerprint density at radius 2 is 1.89 bits per heavy atom. The normalized spacial score (nSPS) is 18.8. The van der Waals surface area contributed by atoms with Crippen LogP contribution in [0.1, 0.15) is 19.8 Å². The molecule has 1 saturated carbocycles. The van der Waals surface area contributed by atoms with Crippen molar-refractivity contribution in [3.05, 3.63) is 27.8 Å². The lowest BCUT2D eigenvalue weighted by Crippen LogP contribution is -2.53. The molecule has 1 aromatic rings. The summed E-state index contributed by atoms with van der Waals surface area (Å²) in [5, 5.41) is 9.27. The van der Waals surface area contributed by atoms with Crippen LogP contribution in [0.4, 0.5) is 0 Å². The van der Waals surface area contributed by atoms with Crippen LogP contribution in [0.2, 0.25) is 0 Å². The van der Waals surface area contributed by atoms with Gasteiger partial charge in [0.25, 0.3) is 0 Å². The molecule has 0 aromatic heterocycles. The minimum absolute atomic E-state index is 0.0843. The molecule has 0 spiro atoms. The third-order valence-corrected chi connectivity index (χ3v) is 5.61. The van der Waals surface area contributed by atoms with E-state index < -0.39 is 21.5 Å². The molecule has 0 aliphatic heterocycles. The molecule has 1 aliphatic rings. The molecule has 0 heterocycles. The van der Waals surface area contributed by atoms with Crippen LogP contribution in [0, 0.1) is 9.49 Å². The summed E-state index contributed by atoms with van der Waals surface area (Å²) in [7, 11) is -3.82. The van der Waals surface area contributed by atoms with Gasteiger partial charge in [0.1, 0.15) is 5.54 Å². The largest absolute Gasteiger partial charge is 0.480 e. The van der Waals surface area contributed by atoms with Crippen molar-refractivity contribution in [2.45, 2.75) is 30.2 Å². The molecule has 5 nitrogen and oxygen atoms in total. The van der Waals surface area contributed by atoms with Gasteiger partial charge in [-0.15, -0.1) is 0 Å². The van der Waals surface area contributed by atoms with Crippen LogP contribution in [-0.2, 0) is 14.8 Å². The minimum atomic E-state index is -3.82. The zero-order valence-electron chi connectivity index (χ0n) is 10.3. The van der Waals surface area contributed by atoms with Crippen molar-refractivity contribution in [1.29, 1.82) is 0 Å². The van der Waals surface area contributed by atoms with Gasteiger partial charge >= 0.3 is 5.97 Å². The van der Waals surface area contributed by atoms with Gasteiger partial charge in [0.15, 0.2) is 0 Å². The zero-order chi connectivity index (χ0) is 14.3. The zero-order valence-corrected chi connectivity index (χ0v) is 13.2. The lowest BCUT2D eigenvalue weighted by molar-refractivity contribution is -0.144. The Kier molecular flexibility index (Phi) is 3.90. The third-order valence-electron chi connectivity index (χ3n) is 3.31. The standard InChI is InChI=1S/C12H14INO4S/c1-12(11(15)16,8-2-3-8)14-19(17,18)10-6-4-9(13)5-7-10/h4-8,14H,2-3H2,1H3,(H,15,16). The second kappa shape index (κ2) is 5.02. The van der Waals surface area contributed by atoms with Gasteiger partial charge in [0.05, 0.1) is 4.90 Å². The number of hydrogen-bond acceptors (Lipinski definition) is 3. The van der Waals surface area contributed by atoms with Gasteiger partial charge in [-0.1, -0.05) is 0 Å². The van der Waals surface area contributed by atoms with Crippen LogP contribution in [0.5, 0.6) is 0 Å². The van der Waals surface area contributed by atoms with Crippen molar-refractivity contribution in [2.24, 2.45) is 5.92 Å². The Morgan fingerprint density at radius 3 is 2.32 bits per heavy atom. The molecule has 1 fully saturated rings. The molecule has 0 bridgehead atoms. The fourth-order valence-electron chi connectivity index (χ4n) is 1.91. The van der Waals surface area contributed by atoms with E-state index >= 15 is 0 Å². The molecule has 104 valence electrons. The number of carbonyl (C=O) groups is 1. The van der Waals surface area contributed by atoms with Crippen LogP contribution in [0.25, 0.3) is 0 Å². The highest BCUT2D eigenvalue weighted by molar-refractivity contribution is 14.1. The number of carboxylic acids is 1. The van der Waals surface area contributed by atoms with E-state index in [-0.39, 0.29) is 10.8 Å². The molecular weight excluding hydrogens is 381 g/mol. The van der Waals surface area contributed by atoms with Crippen molar-refractivity contribution in [3.8, 4) is 0 Å². The molecule has 1 unspecified atom stereocenters. The summed E-state index contributed by atoms with van der Waals surface area (Å²) in [5.74, 6) is -1.27. The lowest BCUT2D eigenvalue weighted by Gasteiger charge is -2.25.